The third kappa shape index (κ3) is 3.97. The molecule has 1 heterocycles. The molecule has 130 valence electrons. The van der Waals surface area contributed by atoms with E-state index in [9.17, 15) is 0 Å². The van der Waals surface area contributed by atoms with Gasteiger partial charge in [-0.05, 0) is 23.3 Å². The number of anilines is 1. The first-order valence-electron chi connectivity index (χ1n) is 8.09. The maximum Gasteiger partial charge on any atom is 0.183 e. The third-order valence-corrected chi connectivity index (χ3v) is 5.51. The number of hydrogen-bond donors (Lipinski definition) is 1. The number of halogens is 1. The summed E-state index contributed by atoms with van der Waals surface area (Å²) in [5, 5.41) is 3.44. The number of methoxy groups -OCH3 is 1. The first kappa shape index (κ1) is 17.8. The van der Waals surface area contributed by atoms with Gasteiger partial charge in [0.15, 0.2) is 4.47 Å². The molecule has 0 saturated heterocycles. The maximum absolute atomic E-state index is 5.91. The van der Waals surface area contributed by atoms with Gasteiger partial charge in [0.2, 0.25) is 0 Å². The molecule has 0 atom stereocenters. The minimum Gasteiger partial charge on any atom is -0.495 e. The number of nitrogens with one attached hydrogen (secondary N) is 1. The molecule has 0 radical (unpaired) electrons. The molecular formula is C20H21ClN2OS. The standard InChI is InChI=1S/C20H21ClN2OS/c1-20(2,14-7-5-4-6-8-14)15-9-10-18(24-3)17(11-15)22-12-16-13-23-19(21)25-16/h4-11,13,22H,12H2,1-3H3. The van der Waals surface area contributed by atoms with Crippen LogP contribution in [0.1, 0.15) is 29.9 Å². The van der Waals surface area contributed by atoms with Gasteiger partial charge in [0.05, 0.1) is 19.3 Å². The molecular weight excluding hydrogens is 352 g/mol. The molecule has 1 aromatic heterocycles. The SMILES string of the molecule is COc1ccc(C(C)(C)c2ccccc2)cc1NCc1cnc(Cl)s1. The van der Waals surface area contributed by atoms with Gasteiger partial charge in [-0.3, -0.25) is 0 Å². The Labute approximate surface area is 157 Å². The Hall–Kier alpha value is -2.04. The van der Waals surface area contributed by atoms with Crippen molar-refractivity contribution in [2.75, 3.05) is 12.4 Å². The van der Waals surface area contributed by atoms with Gasteiger partial charge >= 0.3 is 0 Å². The van der Waals surface area contributed by atoms with Crippen molar-refractivity contribution in [1.82, 2.24) is 4.98 Å². The molecule has 0 aliphatic rings. The molecule has 0 spiro atoms. The van der Waals surface area contributed by atoms with E-state index in [1.54, 1.807) is 13.3 Å². The predicted molar refractivity (Wildman–Crippen MR) is 106 cm³/mol. The summed E-state index contributed by atoms with van der Waals surface area (Å²) < 4.78 is 6.07. The highest BCUT2D eigenvalue weighted by Crippen LogP contribution is 2.36. The molecule has 25 heavy (non-hydrogen) atoms. The zero-order valence-electron chi connectivity index (χ0n) is 14.5. The normalized spacial score (nSPS) is 11.4. The van der Waals surface area contributed by atoms with Crippen molar-refractivity contribution in [2.45, 2.75) is 25.8 Å². The molecule has 2 aromatic carbocycles. The minimum absolute atomic E-state index is 0.0994. The van der Waals surface area contributed by atoms with E-state index in [2.05, 4.69) is 60.5 Å². The highest BCUT2D eigenvalue weighted by molar-refractivity contribution is 7.15. The molecule has 3 nitrogen and oxygen atoms in total. The van der Waals surface area contributed by atoms with E-state index in [1.165, 1.54) is 22.5 Å². The van der Waals surface area contributed by atoms with Crippen LogP contribution in [0, 0.1) is 0 Å². The minimum atomic E-state index is -0.0994. The average Bonchev–Trinajstić information content (AvgIpc) is 3.05. The number of nitrogens with zero attached hydrogens (tertiary/aromatic N) is 1. The molecule has 1 N–H and O–H groups in total. The summed E-state index contributed by atoms with van der Waals surface area (Å²) in [7, 11) is 1.69. The van der Waals surface area contributed by atoms with Gasteiger partial charge in [-0.15, -0.1) is 11.3 Å². The van der Waals surface area contributed by atoms with Crippen molar-refractivity contribution in [3.63, 3.8) is 0 Å². The van der Waals surface area contributed by atoms with E-state index >= 15 is 0 Å². The van der Waals surface area contributed by atoms with Crippen LogP contribution in [0.5, 0.6) is 5.75 Å². The molecule has 0 aliphatic carbocycles. The fraction of sp³-hybridized carbons (Fsp3) is 0.250. The number of thiazole rings is 1. The molecule has 0 fully saturated rings. The van der Waals surface area contributed by atoms with Crippen molar-refractivity contribution in [3.8, 4) is 5.75 Å². The second kappa shape index (κ2) is 7.46. The Morgan fingerprint density at radius 1 is 1.12 bits per heavy atom. The number of ether oxygens (including phenoxy) is 1. The number of aromatic nitrogens is 1. The number of hydrogen-bond acceptors (Lipinski definition) is 4. The lowest BCUT2D eigenvalue weighted by Gasteiger charge is -2.27. The lowest BCUT2D eigenvalue weighted by atomic mass is 9.78. The van der Waals surface area contributed by atoms with Crippen LogP contribution < -0.4 is 10.1 Å². The fourth-order valence-electron chi connectivity index (χ4n) is 2.80. The van der Waals surface area contributed by atoms with Gasteiger partial charge < -0.3 is 10.1 Å². The van der Waals surface area contributed by atoms with Crippen LogP contribution in [0.15, 0.2) is 54.7 Å². The van der Waals surface area contributed by atoms with E-state index in [0.29, 0.717) is 11.0 Å². The molecule has 5 heteroatoms. The highest BCUT2D eigenvalue weighted by Gasteiger charge is 2.24. The average molecular weight is 373 g/mol. The molecule has 0 amide bonds. The van der Waals surface area contributed by atoms with Crippen LogP contribution in [0.2, 0.25) is 4.47 Å². The molecule has 0 saturated carbocycles. The topological polar surface area (TPSA) is 34.1 Å². The molecule has 0 aliphatic heterocycles. The Balaban J connectivity index is 1.89. The van der Waals surface area contributed by atoms with Crippen molar-refractivity contribution in [3.05, 3.63) is 75.2 Å². The summed E-state index contributed by atoms with van der Waals surface area (Å²) >= 11 is 7.39. The van der Waals surface area contributed by atoms with Crippen molar-refractivity contribution in [2.24, 2.45) is 0 Å². The summed E-state index contributed by atoms with van der Waals surface area (Å²) in [6, 6.07) is 16.8. The quantitative estimate of drug-likeness (QED) is 0.598. The van der Waals surface area contributed by atoms with Crippen molar-refractivity contribution >= 4 is 28.6 Å². The summed E-state index contributed by atoms with van der Waals surface area (Å²) in [4.78, 5) is 5.16. The van der Waals surface area contributed by atoms with E-state index in [1.807, 2.05) is 12.1 Å². The largest absolute Gasteiger partial charge is 0.495 e. The second-order valence-electron chi connectivity index (χ2n) is 6.34. The van der Waals surface area contributed by atoms with Gasteiger partial charge in [0, 0.05) is 16.5 Å². The highest BCUT2D eigenvalue weighted by atomic mass is 35.5. The summed E-state index contributed by atoms with van der Waals surface area (Å²) in [5.41, 5.74) is 3.37. The molecule has 0 unspecified atom stereocenters. The predicted octanol–water partition coefficient (Wildman–Crippen LogP) is 5.74. The Kier molecular flexibility index (Phi) is 5.30. The van der Waals surface area contributed by atoms with Crippen LogP contribution >= 0.6 is 22.9 Å². The summed E-state index contributed by atoms with van der Waals surface area (Å²) in [6.45, 7) is 5.13. The number of rotatable bonds is 6. The van der Waals surface area contributed by atoms with Crippen LogP contribution in [0.3, 0.4) is 0 Å². The van der Waals surface area contributed by atoms with E-state index in [0.717, 1.165) is 16.3 Å². The monoisotopic (exact) mass is 372 g/mol. The van der Waals surface area contributed by atoms with Crippen LogP contribution in [0.25, 0.3) is 0 Å². The first-order valence-corrected chi connectivity index (χ1v) is 9.28. The lowest BCUT2D eigenvalue weighted by Crippen LogP contribution is -2.19. The Morgan fingerprint density at radius 2 is 1.88 bits per heavy atom. The molecule has 0 bridgehead atoms. The van der Waals surface area contributed by atoms with Gasteiger partial charge in [-0.2, -0.15) is 0 Å². The van der Waals surface area contributed by atoms with Gasteiger partial charge in [-0.1, -0.05) is 61.8 Å². The van der Waals surface area contributed by atoms with E-state index in [-0.39, 0.29) is 5.41 Å². The Morgan fingerprint density at radius 3 is 2.52 bits per heavy atom. The fourth-order valence-corrected chi connectivity index (χ4v) is 3.72. The van der Waals surface area contributed by atoms with Gasteiger partial charge in [-0.25, -0.2) is 4.98 Å². The summed E-state index contributed by atoms with van der Waals surface area (Å²) in [5.74, 6) is 0.822. The molecule has 3 rings (SSSR count). The van der Waals surface area contributed by atoms with E-state index in [4.69, 9.17) is 16.3 Å². The van der Waals surface area contributed by atoms with Gasteiger partial charge in [0.1, 0.15) is 5.75 Å². The van der Waals surface area contributed by atoms with Crippen LogP contribution in [0.4, 0.5) is 5.69 Å². The van der Waals surface area contributed by atoms with Gasteiger partial charge in [0.25, 0.3) is 0 Å². The third-order valence-electron chi connectivity index (χ3n) is 4.40. The zero-order valence-corrected chi connectivity index (χ0v) is 16.1. The number of benzene rings is 2. The first-order chi connectivity index (χ1) is 12.0. The van der Waals surface area contributed by atoms with E-state index < -0.39 is 0 Å². The van der Waals surface area contributed by atoms with Crippen LogP contribution in [-0.4, -0.2) is 12.1 Å². The lowest BCUT2D eigenvalue weighted by molar-refractivity contribution is 0.416. The molecule has 3 aromatic rings. The van der Waals surface area contributed by atoms with Crippen molar-refractivity contribution < 1.29 is 4.74 Å². The summed E-state index contributed by atoms with van der Waals surface area (Å²) in [6.07, 6.45) is 1.80. The zero-order chi connectivity index (χ0) is 17.9. The van der Waals surface area contributed by atoms with Crippen molar-refractivity contribution in [1.29, 1.82) is 0 Å². The van der Waals surface area contributed by atoms with Crippen LogP contribution in [-0.2, 0) is 12.0 Å². The Bertz CT molecular complexity index is 846. The maximum atomic E-state index is 5.91. The second-order valence-corrected chi connectivity index (χ2v) is 8.04. The smallest absolute Gasteiger partial charge is 0.183 e.